The predicted octanol–water partition coefficient (Wildman–Crippen LogP) is 2.11. The summed E-state index contributed by atoms with van der Waals surface area (Å²) in [6.07, 6.45) is 0. The van der Waals surface area contributed by atoms with Crippen molar-refractivity contribution in [2.75, 3.05) is 39.3 Å². The van der Waals surface area contributed by atoms with Crippen LogP contribution in [0, 0.1) is 6.92 Å². The third kappa shape index (κ3) is 3.13. The molecule has 0 spiro atoms. The Bertz CT molecular complexity index is 909. The first-order chi connectivity index (χ1) is 12.7. The van der Waals surface area contributed by atoms with E-state index in [1.807, 2.05) is 52.9 Å². The molecule has 2 aromatic heterocycles. The lowest BCUT2D eigenvalue weighted by molar-refractivity contribution is 0.0646. The van der Waals surface area contributed by atoms with Gasteiger partial charge in [-0.2, -0.15) is 5.10 Å². The zero-order valence-electron chi connectivity index (χ0n) is 14.9. The summed E-state index contributed by atoms with van der Waals surface area (Å²) >= 11 is 1.53. The molecule has 1 aliphatic heterocycles. The number of aromatic nitrogens is 2. The number of rotatable bonds is 4. The number of piperazine rings is 1. The van der Waals surface area contributed by atoms with E-state index in [9.17, 15) is 4.79 Å². The Kier molecular flexibility index (Phi) is 4.76. The number of thiophene rings is 1. The number of hydrogen-bond donors (Lipinski definition) is 1. The minimum atomic E-state index is 0.123. The lowest BCUT2D eigenvalue weighted by Crippen LogP contribution is -2.49. The number of amides is 1. The second-order valence-electron chi connectivity index (χ2n) is 6.58. The molecular weight excluding hydrogens is 346 g/mol. The number of hydrogen-bond acceptors (Lipinski definition) is 5. The Hall–Kier alpha value is -2.22. The van der Waals surface area contributed by atoms with Crippen LogP contribution in [0.3, 0.4) is 0 Å². The third-order valence-corrected chi connectivity index (χ3v) is 5.96. The molecule has 1 aliphatic rings. The van der Waals surface area contributed by atoms with Crippen LogP contribution < -0.4 is 5.73 Å². The first kappa shape index (κ1) is 17.2. The van der Waals surface area contributed by atoms with Crippen molar-refractivity contribution in [3.63, 3.8) is 0 Å². The van der Waals surface area contributed by atoms with Crippen LogP contribution in [-0.4, -0.2) is 64.8 Å². The van der Waals surface area contributed by atoms with Gasteiger partial charge < -0.3 is 10.6 Å². The minimum Gasteiger partial charge on any atom is -0.335 e. The summed E-state index contributed by atoms with van der Waals surface area (Å²) in [5.74, 6) is 0.123. The maximum absolute atomic E-state index is 13.0. The van der Waals surface area contributed by atoms with Crippen molar-refractivity contribution in [2.24, 2.45) is 5.73 Å². The van der Waals surface area contributed by atoms with Crippen LogP contribution in [-0.2, 0) is 0 Å². The van der Waals surface area contributed by atoms with E-state index < -0.39 is 0 Å². The molecule has 0 saturated carbocycles. The number of carbonyl (C=O) groups is 1. The van der Waals surface area contributed by atoms with Gasteiger partial charge in [0.1, 0.15) is 4.83 Å². The molecule has 7 heteroatoms. The molecule has 1 saturated heterocycles. The van der Waals surface area contributed by atoms with Gasteiger partial charge in [-0.1, -0.05) is 18.2 Å². The number of carbonyl (C=O) groups excluding carboxylic acids is 1. The second-order valence-corrected chi connectivity index (χ2v) is 7.62. The Morgan fingerprint density at radius 2 is 1.92 bits per heavy atom. The molecule has 136 valence electrons. The zero-order chi connectivity index (χ0) is 18.1. The molecule has 2 N–H and O–H groups in total. The molecule has 0 radical (unpaired) electrons. The minimum absolute atomic E-state index is 0.123. The summed E-state index contributed by atoms with van der Waals surface area (Å²) in [6.45, 7) is 6.87. The van der Waals surface area contributed by atoms with Gasteiger partial charge in [-0.05, 0) is 25.1 Å². The van der Waals surface area contributed by atoms with Crippen LogP contribution in [0.1, 0.15) is 15.4 Å². The van der Waals surface area contributed by atoms with E-state index >= 15 is 0 Å². The van der Waals surface area contributed by atoms with E-state index in [0.717, 1.165) is 59.2 Å². The number of fused-ring (bicyclic) bond motifs is 1. The number of para-hydroxylation sites is 1. The standard InChI is InChI=1S/C19H23N5OS/c1-14-16-13-17(18(25)23-11-9-22(8-7-20)10-12-23)26-19(16)24(21-14)15-5-3-2-4-6-15/h2-6,13H,7-12,20H2,1H3. The SMILES string of the molecule is Cc1nn(-c2ccccc2)c2sc(C(=O)N3CCN(CCN)CC3)cc12. The molecular formula is C19H23N5OS. The van der Waals surface area contributed by atoms with Gasteiger partial charge in [-0.3, -0.25) is 9.69 Å². The average molecular weight is 369 g/mol. The van der Waals surface area contributed by atoms with Crippen molar-refractivity contribution in [3.8, 4) is 5.69 Å². The van der Waals surface area contributed by atoms with Crippen LogP contribution in [0.4, 0.5) is 0 Å². The van der Waals surface area contributed by atoms with Gasteiger partial charge in [0, 0.05) is 44.7 Å². The molecule has 0 unspecified atom stereocenters. The van der Waals surface area contributed by atoms with Crippen LogP contribution in [0.25, 0.3) is 15.9 Å². The van der Waals surface area contributed by atoms with Gasteiger partial charge in [0.05, 0.1) is 16.3 Å². The monoisotopic (exact) mass is 369 g/mol. The smallest absolute Gasteiger partial charge is 0.264 e. The van der Waals surface area contributed by atoms with Crippen molar-refractivity contribution in [2.45, 2.75) is 6.92 Å². The largest absolute Gasteiger partial charge is 0.335 e. The average Bonchev–Trinajstić information content (AvgIpc) is 3.24. The molecule has 4 rings (SSSR count). The van der Waals surface area contributed by atoms with E-state index in [1.54, 1.807) is 0 Å². The molecule has 1 fully saturated rings. The highest BCUT2D eigenvalue weighted by Gasteiger charge is 2.24. The van der Waals surface area contributed by atoms with E-state index in [2.05, 4.69) is 10.00 Å². The summed E-state index contributed by atoms with van der Waals surface area (Å²) in [6, 6.07) is 12.0. The van der Waals surface area contributed by atoms with E-state index in [4.69, 9.17) is 5.73 Å². The second kappa shape index (κ2) is 7.19. The summed E-state index contributed by atoms with van der Waals surface area (Å²) in [5.41, 5.74) is 7.59. The van der Waals surface area contributed by atoms with Crippen molar-refractivity contribution in [1.29, 1.82) is 0 Å². The van der Waals surface area contributed by atoms with Crippen LogP contribution in [0.2, 0.25) is 0 Å². The van der Waals surface area contributed by atoms with Crippen molar-refractivity contribution >= 4 is 27.5 Å². The molecule has 6 nitrogen and oxygen atoms in total. The topological polar surface area (TPSA) is 67.4 Å². The molecule has 1 amide bonds. The highest BCUT2D eigenvalue weighted by molar-refractivity contribution is 7.20. The van der Waals surface area contributed by atoms with Gasteiger partial charge in [-0.25, -0.2) is 4.68 Å². The Morgan fingerprint density at radius 3 is 2.62 bits per heavy atom. The quantitative estimate of drug-likeness (QED) is 0.765. The third-order valence-electron chi connectivity index (χ3n) is 4.86. The van der Waals surface area contributed by atoms with Crippen molar-refractivity contribution in [1.82, 2.24) is 19.6 Å². The molecule has 0 aliphatic carbocycles. The lowest BCUT2D eigenvalue weighted by atomic mass is 10.2. The Labute approximate surface area is 156 Å². The summed E-state index contributed by atoms with van der Waals surface area (Å²) in [4.78, 5) is 19.0. The Balaban J connectivity index is 1.59. The van der Waals surface area contributed by atoms with Gasteiger partial charge in [0.25, 0.3) is 5.91 Å². The molecule has 3 aromatic rings. The normalized spacial score (nSPS) is 15.7. The number of aryl methyl sites for hydroxylation is 1. The summed E-state index contributed by atoms with van der Waals surface area (Å²) in [5, 5.41) is 5.71. The maximum atomic E-state index is 13.0. The number of nitrogens with two attached hydrogens (primary N) is 1. The maximum Gasteiger partial charge on any atom is 0.264 e. The lowest BCUT2D eigenvalue weighted by Gasteiger charge is -2.34. The molecule has 0 bridgehead atoms. The van der Waals surface area contributed by atoms with Gasteiger partial charge in [-0.15, -0.1) is 11.3 Å². The van der Waals surface area contributed by atoms with E-state index in [1.165, 1.54) is 11.3 Å². The fraction of sp³-hybridized carbons (Fsp3) is 0.368. The highest BCUT2D eigenvalue weighted by Crippen LogP contribution is 2.31. The molecule has 3 heterocycles. The highest BCUT2D eigenvalue weighted by atomic mass is 32.1. The Morgan fingerprint density at radius 1 is 1.19 bits per heavy atom. The summed E-state index contributed by atoms with van der Waals surface area (Å²) in [7, 11) is 0. The van der Waals surface area contributed by atoms with Crippen LogP contribution in [0.5, 0.6) is 0 Å². The summed E-state index contributed by atoms with van der Waals surface area (Å²) < 4.78 is 1.94. The van der Waals surface area contributed by atoms with Gasteiger partial charge in [0.2, 0.25) is 0 Å². The number of benzene rings is 1. The van der Waals surface area contributed by atoms with Crippen LogP contribution >= 0.6 is 11.3 Å². The fourth-order valence-electron chi connectivity index (χ4n) is 3.41. The van der Waals surface area contributed by atoms with Crippen LogP contribution in [0.15, 0.2) is 36.4 Å². The number of nitrogens with zero attached hydrogens (tertiary/aromatic N) is 4. The molecule has 1 aromatic carbocycles. The van der Waals surface area contributed by atoms with Gasteiger partial charge >= 0.3 is 0 Å². The molecule has 0 atom stereocenters. The van der Waals surface area contributed by atoms with Crippen molar-refractivity contribution < 1.29 is 4.79 Å². The fourth-order valence-corrected chi connectivity index (χ4v) is 4.56. The first-order valence-corrected chi connectivity index (χ1v) is 9.75. The predicted molar refractivity (Wildman–Crippen MR) is 105 cm³/mol. The van der Waals surface area contributed by atoms with E-state index in [-0.39, 0.29) is 5.91 Å². The van der Waals surface area contributed by atoms with E-state index in [0.29, 0.717) is 6.54 Å². The first-order valence-electron chi connectivity index (χ1n) is 8.93. The zero-order valence-corrected chi connectivity index (χ0v) is 15.7. The molecule has 26 heavy (non-hydrogen) atoms. The van der Waals surface area contributed by atoms with Crippen molar-refractivity contribution in [3.05, 3.63) is 47.0 Å². The van der Waals surface area contributed by atoms with Gasteiger partial charge in [0.15, 0.2) is 0 Å².